The molecule has 1 aliphatic rings. The maximum absolute atomic E-state index is 14.2. The van der Waals surface area contributed by atoms with Gasteiger partial charge in [0.1, 0.15) is 16.5 Å². The number of carbonyl (C=O) groups excluding carboxylic acids is 1. The third-order valence-corrected chi connectivity index (χ3v) is 6.26. The van der Waals surface area contributed by atoms with Gasteiger partial charge < -0.3 is 10.6 Å². The minimum Gasteiger partial charge on any atom is -0.383 e. The van der Waals surface area contributed by atoms with Crippen molar-refractivity contribution in [2.75, 3.05) is 18.8 Å². The van der Waals surface area contributed by atoms with Gasteiger partial charge in [-0.05, 0) is 61.1 Å². The van der Waals surface area contributed by atoms with Gasteiger partial charge in [-0.25, -0.2) is 9.37 Å². The second-order valence-electron chi connectivity index (χ2n) is 7.09. The molecule has 11 heteroatoms. The standard InChI is InChI=1S/C18H19F6N3OS.C2H6/c1-11-16(15(19)10-26-17(11)25)12-6-8-27(9-7-12)18(28)13-2-4-14(5-3-13)29(20,21,22,23)24;1-2/h2-5,10,12H,6-9H2,1H3,(H2,25,26);1-2H3. The molecule has 1 aliphatic heterocycles. The van der Waals surface area contributed by atoms with E-state index < -0.39 is 26.8 Å². The number of hydrogen-bond acceptors (Lipinski definition) is 3. The lowest BCUT2D eigenvalue weighted by Crippen LogP contribution is -2.38. The highest BCUT2D eigenvalue weighted by Gasteiger charge is 2.65. The molecule has 174 valence electrons. The maximum atomic E-state index is 14.2. The average Bonchev–Trinajstić information content (AvgIpc) is 2.71. The Labute approximate surface area is 177 Å². The minimum atomic E-state index is -9.78. The van der Waals surface area contributed by atoms with Gasteiger partial charge in [-0.3, -0.25) is 4.79 Å². The molecule has 0 bridgehead atoms. The van der Waals surface area contributed by atoms with E-state index in [0.29, 0.717) is 24.0 Å². The summed E-state index contributed by atoms with van der Waals surface area (Å²) in [6.07, 6.45) is 1.91. The topological polar surface area (TPSA) is 59.2 Å². The number of aromatic nitrogens is 1. The quantitative estimate of drug-likeness (QED) is 0.502. The number of amides is 1. The molecule has 1 amide bonds. The van der Waals surface area contributed by atoms with E-state index in [1.54, 1.807) is 6.92 Å². The normalized spacial score (nSPS) is 17.3. The first-order chi connectivity index (χ1) is 14.2. The lowest BCUT2D eigenvalue weighted by atomic mass is 9.87. The number of anilines is 1. The van der Waals surface area contributed by atoms with Gasteiger partial charge in [-0.2, -0.15) is 0 Å². The highest BCUT2D eigenvalue weighted by atomic mass is 32.5. The smallest absolute Gasteiger partial charge is 0.310 e. The maximum Gasteiger partial charge on any atom is 0.310 e. The van der Waals surface area contributed by atoms with Crippen molar-refractivity contribution < 1.29 is 28.6 Å². The number of pyridine rings is 1. The molecule has 4 nitrogen and oxygen atoms in total. The molecule has 2 heterocycles. The van der Waals surface area contributed by atoms with Gasteiger partial charge in [0.2, 0.25) is 0 Å². The largest absolute Gasteiger partial charge is 0.383 e. The van der Waals surface area contributed by atoms with Gasteiger partial charge in [-0.15, -0.1) is 0 Å². The van der Waals surface area contributed by atoms with Crippen LogP contribution < -0.4 is 5.73 Å². The van der Waals surface area contributed by atoms with Crippen molar-refractivity contribution in [1.82, 2.24) is 9.88 Å². The monoisotopic (exact) mass is 469 g/mol. The number of hydrogen-bond donors (Lipinski definition) is 1. The van der Waals surface area contributed by atoms with Crippen molar-refractivity contribution in [2.24, 2.45) is 0 Å². The summed E-state index contributed by atoms with van der Waals surface area (Å²) in [6.45, 7) is 6.15. The number of carbonyl (C=O) groups is 1. The molecule has 3 rings (SSSR count). The summed E-state index contributed by atoms with van der Waals surface area (Å²) in [4.78, 5) is 15.6. The van der Waals surface area contributed by atoms with E-state index in [-0.39, 0.29) is 42.5 Å². The zero-order valence-corrected chi connectivity index (χ0v) is 18.2. The van der Waals surface area contributed by atoms with Gasteiger partial charge in [0, 0.05) is 18.7 Å². The molecule has 0 aliphatic carbocycles. The summed E-state index contributed by atoms with van der Waals surface area (Å²) in [5.74, 6) is -1.000. The van der Waals surface area contributed by atoms with E-state index in [1.165, 1.54) is 4.90 Å². The van der Waals surface area contributed by atoms with Crippen LogP contribution in [0.4, 0.5) is 29.6 Å². The lowest BCUT2D eigenvalue weighted by molar-refractivity contribution is 0.0712. The predicted molar refractivity (Wildman–Crippen MR) is 110 cm³/mol. The second-order valence-corrected chi connectivity index (χ2v) is 9.50. The molecule has 0 atom stereocenters. The zero-order valence-electron chi connectivity index (χ0n) is 17.3. The van der Waals surface area contributed by atoms with Crippen LogP contribution in [0, 0.1) is 12.7 Å². The van der Waals surface area contributed by atoms with Crippen LogP contribution >= 0.6 is 10.2 Å². The summed E-state index contributed by atoms with van der Waals surface area (Å²) < 4.78 is 78.2. The van der Waals surface area contributed by atoms with Crippen LogP contribution in [0.3, 0.4) is 0 Å². The van der Waals surface area contributed by atoms with Crippen LogP contribution in [0.1, 0.15) is 54.1 Å². The van der Waals surface area contributed by atoms with Crippen molar-refractivity contribution in [2.45, 2.75) is 44.4 Å². The summed E-state index contributed by atoms with van der Waals surface area (Å²) >= 11 is 0. The number of likely N-dealkylation sites (tertiary alicyclic amines) is 1. The van der Waals surface area contributed by atoms with Crippen molar-refractivity contribution in [3.8, 4) is 0 Å². The third kappa shape index (κ3) is 5.63. The first-order valence-electron chi connectivity index (χ1n) is 9.71. The first kappa shape index (κ1) is 24.8. The molecule has 0 spiro atoms. The average molecular weight is 469 g/mol. The SMILES string of the molecule is CC.Cc1c(N)ncc(F)c1C1CCN(C(=O)c2ccc(S(F)(F)(F)(F)F)cc2)CC1. The van der Waals surface area contributed by atoms with Gasteiger partial charge in [0.05, 0.1) is 6.20 Å². The number of nitrogen functional groups attached to an aromatic ring is 1. The molecule has 0 unspecified atom stereocenters. The van der Waals surface area contributed by atoms with Crippen LogP contribution in [0.2, 0.25) is 0 Å². The molecule has 0 radical (unpaired) electrons. The Bertz CT molecular complexity index is 956. The fraction of sp³-hybridized carbons (Fsp3) is 0.400. The summed E-state index contributed by atoms with van der Waals surface area (Å²) in [5.41, 5.74) is 6.61. The van der Waals surface area contributed by atoms with Crippen molar-refractivity contribution in [3.05, 3.63) is 53.0 Å². The highest BCUT2D eigenvalue weighted by molar-refractivity contribution is 8.45. The lowest BCUT2D eigenvalue weighted by Gasteiger charge is -2.40. The van der Waals surface area contributed by atoms with Crippen LogP contribution in [0.5, 0.6) is 0 Å². The number of benzene rings is 1. The Kier molecular flexibility index (Phi) is 6.35. The molecular weight excluding hydrogens is 444 g/mol. The predicted octanol–water partition coefficient (Wildman–Crippen LogP) is 6.81. The molecule has 31 heavy (non-hydrogen) atoms. The van der Waals surface area contributed by atoms with Crippen molar-refractivity contribution in [1.29, 1.82) is 0 Å². The van der Waals surface area contributed by atoms with E-state index in [4.69, 9.17) is 5.73 Å². The Balaban J connectivity index is 0.00000166. The van der Waals surface area contributed by atoms with Crippen molar-refractivity contribution >= 4 is 21.9 Å². The summed E-state index contributed by atoms with van der Waals surface area (Å²) in [5, 5.41) is 0. The van der Waals surface area contributed by atoms with Crippen LogP contribution in [0.25, 0.3) is 0 Å². The van der Waals surface area contributed by atoms with E-state index in [9.17, 15) is 28.6 Å². The van der Waals surface area contributed by atoms with Crippen LogP contribution in [0.15, 0.2) is 35.4 Å². The van der Waals surface area contributed by atoms with Crippen LogP contribution in [-0.4, -0.2) is 28.9 Å². The Morgan fingerprint density at radius 2 is 1.58 bits per heavy atom. The number of nitrogens with two attached hydrogens (primary N) is 1. The van der Waals surface area contributed by atoms with E-state index in [0.717, 1.165) is 18.3 Å². The number of halogens is 6. The summed E-state index contributed by atoms with van der Waals surface area (Å²) in [6, 6.07) is 1.93. The third-order valence-electron chi connectivity index (χ3n) is 5.10. The molecule has 0 saturated carbocycles. The van der Waals surface area contributed by atoms with E-state index in [1.807, 2.05) is 13.8 Å². The van der Waals surface area contributed by atoms with Gasteiger partial charge in [0.15, 0.2) is 0 Å². The van der Waals surface area contributed by atoms with E-state index >= 15 is 0 Å². The number of rotatable bonds is 3. The second kappa shape index (κ2) is 7.92. The Hall–Kier alpha value is -2.43. The van der Waals surface area contributed by atoms with Gasteiger partial charge in [-0.1, -0.05) is 33.3 Å². The zero-order chi connectivity index (χ0) is 23.7. The molecular formula is C20H25F6N3OS. The van der Waals surface area contributed by atoms with Gasteiger partial charge in [0.25, 0.3) is 5.91 Å². The molecule has 1 aromatic heterocycles. The first-order valence-corrected chi connectivity index (χ1v) is 11.7. The Morgan fingerprint density at radius 3 is 2.06 bits per heavy atom. The Morgan fingerprint density at radius 1 is 1.06 bits per heavy atom. The van der Waals surface area contributed by atoms with Crippen molar-refractivity contribution in [3.63, 3.8) is 0 Å². The molecule has 2 N–H and O–H groups in total. The fourth-order valence-electron chi connectivity index (χ4n) is 3.52. The molecule has 2 aromatic rings. The minimum absolute atomic E-state index is 0.121. The molecule has 1 fully saturated rings. The number of piperidine rings is 1. The van der Waals surface area contributed by atoms with E-state index in [2.05, 4.69) is 4.98 Å². The molecule has 1 saturated heterocycles. The van der Waals surface area contributed by atoms with Crippen LogP contribution in [-0.2, 0) is 0 Å². The molecule has 1 aromatic carbocycles. The van der Waals surface area contributed by atoms with Gasteiger partial charge >= 0.3 is 10.2 Å². The fourth-order valence-corrected chi connectivity index (χ4v) is 4.17. The number of nitrogens with zero attached hydrogens (tertiary/aromatic N) is 2. The highest BCUT2D eigenvalue weighted by Crippen LogP contribution is 3.02. The summed E-state index contributed by atoms with van der Waals surface area (Å²) in [7, 11) is -9.78.